The van der Waals surface area contributed by atoms with Gasteiger partial charge in [0.05, 0.1) is 0 Å². The number of nitrogens with zero attached hydrogens (tertiary/aromatic N) is 2. The van der Waals surface area contributed by atoms with Gasteiger partial charge in [0.25, 0.3) is 0 Å². The molecule has 4 nitrogen and oxygen atoms in total. The zero-order valence-electron chi connectivity index (χ0n) is 9.89. The van der Waals surface area contributed by atoms with Crippen LogP contribution in [0.15, 0.2) is 18.2 Å². The first-order chi connectivity index (χ1) is 8.42. The van der Waals surface area contributed by atoms with Gasteiger partial charge in [-0.05, 0) is 24.1 Å². The molecular weight excluding hydrogens is 216 g/mol. The first-order valence-electron chi connectivity index (χ1n) is 6.16. The minimum Gasteiger partial charge on any atom is -0.454 e. The van der Waals surface area contributed by atoms with Crippen LogP contribution in [0.1, 0.15) is 5.56 Å². The van der Waals surface area contributed by atoms with Gasteiger partial charge < -0.3 is 14.4 Å². The van der Waals surface area contributed by atoms with E-state index in [1.807, 2.05) is 6.07 Å². The van der Waals surface area contributed by atoms with E-state index in [2.05, 4.69) is 22.3 Å². The second kappa shape index (κ2) is 4.94. The van der Waals surface area contributed by atoms with E-state index in [0.717, 1.165) is 50.6 Å². The molecule has 1 aromatic rings. The highest BCUT2D eigenvalue weighted by Gasteiger charge is 2.14. The molecular formula is C13H17N2O2. The van der Waals surface area contributed by atoms with Gasteiger partial charge in [-0.1, -0.05) is 6.07 Å². The van der Waals surface area contributed by atoms with Crippen LogP contribution in [0.3, 0.4) is 0 Å². The van der Waals surface area contributed by atoms with Gasteiger partial charge in [-0.25, -0.2) is 5.32 Å². The van der Waals surface area contributed by atoms with E-state index in [9.17, 15) is 0 Å². The number of hydrogen-bond acceptors (Lipinski definition) is 3. The van der Waals surface area contributed by atoms with E-state index in [1.54, 1.807) is 0 Å². The van der Waals surface area contributed by atoms with Gasteiger partial charge in [0.15, 0.2) is 11.5 Å². The van der Waals surface area contributed by atoms with E-state index < -0.39 is 0 Å². The first-order valence-corrected chi connectivity index (χ1v) is 6.16. The largest absolute Gasteiger partial charge is 0.454 e. The molecule has 0 N–H and O–H groups in total. The quantitative estimate of drug-likeness (QED) is 0.777. The summed E-state index contributed by atoms with van der Waals surface area (Å²) in [5, 5.41) is 4.35. The summed E-state index contributed by atoms with van der Waals surface area (Å²) in [7, 11) is 0. The molecule has 1 radical (unpaired) electrons. The topological polar surface area (TPSA) is 35.8 Å². The van der Waals surface area contributed by atoms with Gasteiger partial charge in [0.1, 0.15) is 0 Å². The maximum Gasteiger partial charge on any atom is 0.231 e. The molecule has 0 amide bonds. The zero-order valence-corrected chi connectivity index (χ0v) is 9.89. The highest BCUT2D eigenvalue weighted by molar-refractivity contribution is 5.44. The van der Waals surface area contributed by atoms with Crippen molar-refractivity contribution >= 4 is 0 Å². The van der Waals surface area contributed by atoms with Gasteiger partial charge in [-0.2, -0.15) is 0 Å². The van der Waals surface area contributed by atoms with Gasteiger partial charge in [-0.15, -0.1) is 0 Å². The Labute approximate surface area is 102 Å². The Balaban J connectivity index is 1.57. The molecule has 4 heteroatoms. The summed E-state index contributed by atoms with van der Waals surface area (Å²) >= 11 is 0. The van der Waals surface area contributed by atoms with E-state index in [0.29, 0.717) is 6.79 Å². The van der Waals surface area contributed by atoms with Crippen molar-refractivity contribution in [3.8, 4) is 11.5 Å². The Bertz CT molecular complexity index is 389. The summed E-state index contributed by atoms with van der Waals surface area (Å²) in [6, 6.07) is 6.22. The molecule has 1 fully saturated rings. The Hall–Kier alpha value is -1.26. The van der Waals surface area contributed by atoms with Crippen molar-refractivity contribution in [1.82, 2.24) is 10.2 Å². The summed E-state index contributed by atoms with van der Waals surface area (Å²) < 4.78 is 10.7. The summed E-state index contributed by atoms with van der Waals surface area (Å²) in [4.78, 5) is 2.47. The minimum absolute atomic E-state index is 0.354. The second-order valence-corrected chi connectivity index (χ2v) is 4.45. The van der Waals surface area contributed by atoms with E-state index >= 15 is 0 Å². The molecule has 2 heterocycles. The Morgan fingerprint density at radius 3 is 2.82 bits per heavy atom. The highest BCUT2D eigenvalue weighted by Crippen LogP contribution is 2.32. The minimum atomic E-state index is 0.354. The maximum absolute atomic E-state index is 5.38. The summed E-state index contributed by atoms with van der Waals surface area (Å²) in [6.07, 6.45) is 1.07. The van der Waals surface area contributed by atoms with E-state index in [-0.39, 0.29) is 0 Å². The second-order valence-electron chi connectivity index (χ2n) is 4.45. The average Bonchev–Trinajstić information content (AvgIpc) is 2.85. The third-order valence-corrected chi connectivity index (χ3v) is 3.30. The monoisotopic (exact) mass is 233 g/mol. The lowest BCUT2D eigenvalue weighted by molar-refractivity contribution is 0.174. The van der Waals surface area contributed by atoms with Crippen molar-refractivity contribution < 1.29 is 9.47 Å². The molecule has 0 saturated carbocycles. The van der Waals surface area contributed by atoms with Gasteiger partial charge in [-0.3, -0.25) is 0 Å². The average molecular weight is 233 g/mol. The molecule has 17 heavy (non-hydrogen) atoms. The van der Waals surface area contributed by atoms with Crippen LogP contribution in [-0.2, 0) is 6.42 Å². The number of fused-ring (bicyclic) bond motifs is 1. The first kappa shape index (κ1) is 10.9. The van der Waals surface area contributed by atoms with Crippen LogP contribution in [0.25, 0.3) is 0 Å². The normalized spacial score (nSPS) is 19.5. The number of ether oxygens (including phenoxy) is 2. The van der Waals surface area contributed by atoms with Crippen molar-refractivity contribution in [1.29, 1.82) is 0 Å². The van der Waals surface area contributed by atoms with Crippen LogP contribution in [0.4, 0.5) is 0 Å². The van der Waals surface area contributed by atoms with Crippen molar-refractivity contribution in [2.24, 2.45) is 0 Å². The van der Waals surface area contributed by atoms with Crippen LogP contribution in [0, 0.1) is 0 Å². The summed E-state index contributed by atoms with van der Waals surface area (Å²) in [6.45, 7) is 5.64. The van der Waals surface area contributed by atoms with Gasteiger partial charge in [0, 0.05) is 32.7 Å². The Kier molecular flexibility index (Phi) is 3.16. The molecule has 0 aromatic heterocycles. The third kappa shape index (κ3) is 2.53. The summed E-state index contributed by atoms with van der Waals surface area (Å²) in [5.41, 5.74) is 1.32. The highest BCUT2D eigenvalue weighted by atomic mass is 16.7. The Morgan fingerprint density at radius 2 is 1.94 bits per heavy atom. The van der Waals surface area contributed by atoms with Crippen molar-refractivity contribution in [2.75, 3.05) is 39.5 Å². The third-order valence-electron chi connectivity index (χ3n) is 3.30. The van der Waals surface area contributed by atoms with E-state index in [4.69, 9.17) is 9.47 Å². The Morgan fingerprint density at radius 1 is 1.12 bits per heavy atom. The van der Waals surface area contributed by atoms with Crippen LogP contribution >= 0.6 is 0 Å². The molecule has 1 aromatic carbocycles. The van der Waals surface area contributed by atoms with Crippen molar-refractivity contribution in [3.63, 3.8) is 0 Å². The molecule has 0 unspecified atom stereocenters. The lowest BCUT2D eigenvalue weighted by atomic mass is 10.1. The van der Waals surface area contributed by atoms with Gasteiger partial charge >= 0.3 is 0 Å². The molecule has 0 bridgehead atoms. The fourth-order valence-electron chi connectivity index (χ4n) is 2.26. The van der Waals surface area contributed by atoms with Crippen LogP contribution < -0.4 is 14.8 Å². The molecule has 0 spiro atoms. The molecule has 3 rings (SSSR count). The molecule has 0 aliphatic carbocycles. The van der Waals surface area contributed by atoms with Crippen LogP contribution in [0.5, 0.6) is 11.5 Å². The molecule has 2 aliphatic rings. The number of rotatable bonds is 3. The zero-order chi connectivity index (χ0) is 11.5. The molecule has 2 aliphatic heterocycles. The number of hydrogen-bond donors (Lipinski definition) is 0. The lowest BCUT2D eigenvalue weighted by Gasteiger charge is -2.26. The van der Waals surface area contributed by atoms with E-state index in [1.165, 1.54) is 5.56 Å². The van der Waals surface area contributed by atoms with Gasteiger partial charge in [0.2, 0.25) is 6.79 Å². The molecule has 91 valence electrons. The predicted molar refractivity (Wildman–Crippen MR) is 64.6 cm³/mol. The fraction of sp³-hybridized carbons (Fsp3) is 0.538. The van der Waals surface area contributed by atoms with Crippen LogP contribution in [0.2, 0.25) is 0 Å². The smallest absolute Gasteiger partial charge is 0.231 e. The predicted octanol–water partition coefficient (Wildman–Crippen LogP) is 0.878. The SMILES string of the molecule is c1cc2c(cc1CCN1CC[N]CC1)OCO2. The number of benzene rings is 1. The summed E-state index contributed by atoms with van der Waals surface area (Å²) in [5.74, 6) is 1.75. The van der Waals surface area contributed by atoms with Crippen molar-refractivity contribution in [2.45, 2.75) is 6.42 Å². The van der Waals surface area contributed by atoms with Crippen molar-refractivity contribution in [3.05, 3.63) is 23.8 Å². The maximum atomic E-state index is 5.38. The lowest BCUT2D eigenvalue weighted by Crippen LogP contribution is -2.41. The standard InChI is InChI=1S/C13H17N2O2/c1-2-12-13(17-10-16-12)9-11(1)3-6-15-7-4-14-5-8-15/h1-2,9H,3-8,10H2. The molecule has 1 saturated heterocycles. The fourth-order valence-corrected chi connectivity index (χ4v) is 2.26. The molecule has 0 atom stereocenters. The number of piperazine rings is 1. The van der Waals surface area contributed by atoms with Crippen LogP contribution in [-0.4, -0.2) is 44.4 Å².